The van der Waals surface area contributed by atoms with Crippen molar-refractivity contribution < 1.29 is 58.2 Å². The summed E-state index contributed by atoms with van der Waals surface area (Å²) in [5, 5.41) is 31.4. The molecule has 0 aromatic heterocycles. The first-order valence-electron chi connectivity index (χ1n) is 29.3. The average molecular weight is 1030 g/mol. The Morgan fingerprint density at radius 3 is 1.37 bits per heavy atom. The molecule has 12 heteroatoms. The van der Waals surface area contributed by atoms with Gasteiger partial charge < -0.3 is 39.0 Å². The first-order chi connectivity index (χ1) is 35.6. The van der Waals surface area contributed by atoms with E-state index in [1.807, 2.05) is 12.2 Å². The van der Waals surface area contributed by atoms with Crippen molar-refractivity contribution >= 4 is 23.9 Å². The van der Waals surface area contributed by atoms with Crippen molar-refractivity contribution in [2.75, 3.05) is 13.2 Å². The van der Waals surface area contributed by atoms with E-state index in [2.05, 4.69) is 69.4 Å². The topological polar surface area (TPSA) is 175 Å². The number of allylic oxidation sites excluding steroid dienone is 10. The fourth-order valence-corrected chi connectivity index (χ4v) is 8.61. The van der Waals surface area contributed by atoms with E-state index in [0.717, 1.165) is 64.2 Å². The second-order valence-electron chi connectivity index (χ2n) is 19.9. The van der Waals surface area contributed by atoms with Gasteiger partial charge in [-0.3, -0.25) is 14.4 Å². The molecule has 0 radical (unpaired) electrons. The quantitative estimate of drug-likeness (QED) is 0.0228. The Hall–Kier alpha value is -3.58. The Bertz CT molecular complexity index is 1500. The van der Waals surface area contributed by atoms with Crippen LogP contribution in [-0.2, 0) is 42.9 Å². The van der Waals surface area contributed by atoms with Crippen LogP contribution >= 0.6 is 0 Å². The lowest BCUT2D eigenvalue weighted by Gasteiger charge is -2.40. The highest BCUT2D eigenvalue weighted by Gasteiger charge is 2.50. The van der Waals surface area contributed by atoms with E-state index in [0.29, 0.717) is 25.7 Å². The van der Waals surface area contributed by atoms with Crippen molar-refractivity contribution in [2.45, 2.75) is 289 Å². The smallest absolute Gasteiger partial charge is 0.335 e. The fourth-order valence-electron chi connectivity index (χ4n) is 8.61. The standard InChI is InChI=1S/C61H104O12/c1-4-7-10-13-16-19-22-24-25-26-27-28-29-31-33-35-38-41-44-47-53(62)69-50-52(71-54(63)48-45-42-39-37-34-30-23-20-17-14-11-8-5-2)51-70-61-59(57(66)56(65)58(73-61)60(67)68)72-55(64)49-46-43-40-36-32-21-18-15-12-9-6-3/h8,11,17,20,24-25,30,34,39,42,52,56-59,61,65-66H,4-7,9-10,12-16,18-19,21-23,26-29,31-33,35-38,40-41,43-51H2,1-3H3,(H,67,68)/b11-8-,20-17-,25-24-,34-30-,42-39-. The number of esters is 3. The zero-order chi connectivity index (χ0) is 53.3. The molecule has 73 heavy (non-hydrogen) atoms. The van der Waals surface area contributed by atoms with Gasteiger partial charge in [0.05, 0.1) is 6.61 Å². The highest BCUT2D eigenvalue weighted by molar-refractivity contribution is 5.74. The number of aliphatic hydroxyl groups excluding tert-OH is 2. The molecular weight excluding hydrogens is 925 g/mol. The third kappa shape index (κ3) is 39.5. The van der Waals surface area contributed by atoms with Crippen LogP contribution in [0.5, 0.6) is 0 Å². The van der Waals surface area contributed by atoms with Crippen LogP contribution in [0.4, 0.5) is 0 Å². The molecule has 0 aromatic rings. The number of carbonyl (C=O) groups excluding carboxylic acids is 3. The number of rotatable bonds is 49. The van der Waals surface area contributed by atoms with Gasteiger partial charge in [-0.1, -0.05) is 223 Å². The number of hydrogen-bond acceptors (Lipinski definition) is 11. The third-order valence-electron chi connectivity index (χ3n) is 13.1. The number of aliphatic hydroxyl groups is 2. The Balaban J connectivity index is 2.69. The van der Waals surface area contributed by atoms with E-state index in [1.54, 1.807) is 0 Å². The molecule has 0 aromatic carbocycles. The normalized spacial score (nSPS) is 18.7. The number of aliphatic carboxylic acids is 1. The molecule has 1 rings (SSSR count). The first kappa shape index (κ1) is 67.4. The van der Waals surface area contributed by atoms with Gasteiger partial charge in [-0.2, -0.15) is 0 Å². The van der Waals surface area contributed by atoms with E-state index in [-0.39, 0.29) is 25.9 Å². The van der Waals surface area contributed by atoms with Crippen molar-refractivity contribution in [3.63, 3.8) is 0 Å². The van der Waals surface area contributed by atoms with Crippen LogP contribution < -0.4 is 0 Å². The molecule has 0 saturated carbocycles. The van der Waals surface area contributed by atoms with Crippen molar-refractivity contribution in [2.24, 2.45) is 0 Å². The number of carboxylic acids is 1. The maximum Gasteiger partial charge on any atom is 0.335 e. The molecule has 0 bridgehead atoms. The summed E-state index contributed by atoms with van der Waals surface area (Å²) < 4.78 is 28.3. The molecule has 6 atom stereocenters. The van der Waals surface area contributed by atoms with Gasteiger partial charge in [0.25, 0.3) is 0 Å². The second-order valence-corrected chi connectivity index (χ2v) is 19.9. The molecule has 1 fully saturated rings. The van der Waals surface area contributed by atoms with Gasteiger partial charge in [0.15, 0.2) is 24.6 Å². The Labute approximate surface area is 443 Å². The molecule has 6 unspecified atom stereocenters. The molecule has 1 heterocycles. The van der Waals surface area contributed by atoms with Crippen LogP contribution in [0.3, 0.4) is 0 Å². The van der Waals surface area contributed by atoms with Gasteiger partial charge in [0, 0.05) is 19.3 Å². The molecule has 0 amide bonds. The Kier molecular flexibility index (Phi) is 45.5. The van der Waals surface area contributed by atoms with Crippen molar-refractivity contribution in [1.29, 1.82) is 0 Å². The Morgan fingerprint density at radius 1 is 0.466 bits per heavy atom. The van der Waals surface area contributed by atoms with Gasteiger partial charge in [0.1, 0.15) is 18.8 Å². The minimum atomic E-state index is -1.91. The van der Waals surface area contributed by atoms with E-state index in [1.165, 1.54) is 122 Å². The molecule has 1 aliphatic rings. The van der Waals surface area contributed by atoms with Crippen LogP contribution in [0.15, 0.2) is 60.8 Å². The minimum Gasteiger partial charge on any atom is -0.479 e. The largest absolute Gasteiger partial charge is 0.479 e. The summed E-state index contributed by atoms with van der Waals surface area (Å²) in [5.74, 6) is -3.22. The summed E-state index contributed by atoms with van der Waals surface area (Å²) in [5.41, 5.74) is 0. The summed E-state index contributed by atoms with van der Waals surface area (Å²) in [4.78, 5) is 51.0. The van der Waals surface area contributed by atoms with E-state index in [9.17, 15) is 34.5 Å². The Morgan fingerprint density at radius 2 is 0.890 bits per heavy atom. The lowest BCUT2D eigenvalue weighted by atomic mass is 9.98. The predicted molar refractivity (Wildman–Crippen MR) is 294 cm³/mol. The predicted octanol–water partition coefficient (Wildman–Crippen LogP) is 14.8. The minimum absolute atomic E-state index is 0.0422. The zero-order valence-corrected chi connectivity index (χ0v) is 46.1. The lowest BCUT2D eigenvalue weighted by Crippen LogP contribution is -2.61. The maximum absolute atomic E-state index is 13.1. The summed E-state index contributed by atoms with van der Waals surface area (Å²) in [7, 11) is 0. The van der Waals surface area contributed by atoms with E-state index >= 15 is 0 Å². The molecule has 420 valence electrons. The molecule has 0 spiro atoms. The van der Waals surface area contributed by atoms with E-state index < -0.39 is 67.3 Å². The number of carboxylic acid groups (broad SMARTS) is 1. The fraction of sp³-hybridized carbons (Fsp3) is 0.770. The summed E-state index contributed by atoms with van der Waals surface area (Å²) in [6.45, 7) is 5.80. The summed E-state index contributed by atoms with van der Waals surface area (Å²) >= 11 is 0. The van der Waals surface area contributed by atoms with Gasteiger partial charge in [-0.25, -0.2) is 4.79 Å². The molecule has 0 aliphatic carbocycles. The third-order valence-corrected chi connectivity index (χ3v) is 13.1. The van der Waals surface area contributed by atoms with Crippen LogP contribution in [-0.4, -0.2) is 89.2 Å². The van der Waals surface area contributed by atoms with Crippen molar-refractivity contribution in [3.8, 4) is 0 Å². The molecule has 3 N–H and O–H groups in total. The number of unbranched alkanes of at least 4 members (excludes halogenated alkanes) is 25. The van der Waals surface area contributed by atoms with Gasteiger partial charge in [-0.05, 0) is 70.6 Å². The summed E-state index contributed by atoms with van der Waals surface area (Å²) in [6, 6.07) is 0. The molecular formula is C61H104O12. The van der Waals surface area contributed by atoms with Crippen molar-refractivity contribution in [3.05, 3.63) is 60.8 Å². The lowest BCUT2D eigenvalue weighted by molar-refractivity contribution is -0.301. The first-order valence-corrected chi connectivity index (χ1v) is 29.3. The zero-order valence-electron chi connectivity index (χ0n) is 46.1. The highest BCUT2D eigenvalue weighted by Crippen LogP contribution is 2.26. The number of ether oxygens (including phenoxy) is 5. The van der Waals surface area contributed by atoms with E-state index in [4.69, 9.17) is 23.7 Å². The van der Waals surface area contributed by atoms with Crippen LogP contribution in [0.2, 0.25) is 0 Å². The number of carbonyl (C=O) groups is 4. The average Bonchev–Trinajstić information content (AvgIpc) is 3.37. The van der Waals surface area contributed by atoms with Gasteiger partial charge >= 0.3 is 23.9 Å². The SMILES string of the molecule is CC/C=C\C/C=C\C/C=C\C/C=C\CCC(=O)OC(COC(=O)CCCCCCCCCCC/C=C\CCCCCCCC)COC1OC(C(=O)O)C(O)C(O)C1OC(=O)CCCCCCCCCCCCC. The highest BCUT2D eigenvalue weighted by atomic mass is 16.7. The van der Waals surface area contributed by atoms with Gasteiger partial charge in [-0.15, -0.1) is 0 Å². The van der Waals surface area contributed by atoms with Crippen LogP contribution in [0.25, 0.3) is 0 Å². The van der Waals surface area contributed by atoms with Crippen LogP contribution in [0, 0.1) is 0 Å². The summed E-state index contributed by atoms with van der Waals surface area (Å²) in [6.07, 6.45) is 47.9. The van der Waals surface area contributed by atoms with Crippen LogP contribution in [0.1, 0.15) is 252 Å². The second kappa shape index (κ2) is 49.3. The van der Waals surface area contributed by atoms with Crippen molar-refractivity contribution in [1.82, 2.24) is 0 Å². The molecule has 1 aliphatic heterocycles. The molecule has 12 nitrogen and oxygen atoms in total. The maximum atomic E-state index is 13.1. The monoisotopic (exact) mass is 1030 g/mol. The molecule has 1 saturated heterocycles. The van der Waals surface area contributed by atoms with Gasteiger partial charge in [0.2, 0.25) is 0 Å². The number of hydrogen-bond donors (Lipinski definition) is 3.